The van der Waals surface area contributed by atoms with E-state index in [-0.39, 0.29) is 0 Å². The molecule has 0 saturated carbocycles. The van der Waals surface area contributed by atoms with Gasteiger partial charge in [0, 0.05) is 52.8 Å². The first-order valence-electron chi connectivity index (χ1n) is 15.8. The van der Waals surface area contributed by atoms with Gasteiger partial charge in [-0.15, -0.1) is 11.3 Å². The Morgan fingerprint density at radius 3 is 1.72 bits per heavy atom. The van der Waals surface area contributed by atoms with Crippen molar-refractivity contribution >= 4 is 75.1 Å². The number of para-hydroxylation sites is 5. The molecule has 47 heavy (non-hydrogen) atoms. The molecule has 0 atom stereocenters. The first-order chi connectivity index (χ1) is 23.3. The van der Waals surface area contributed by atoms with Gasteiger partial charge in [0.1, 0.15) is 6.07 Å². The molecule has 0 bridgehead atoms. The number of rotatable bonds is 3. The van der Waals surface area contributed by atoms with Gasteiger partial charge in [-0.05, 0) is 48.5 Å². The standard InChI is InChI=1S/C43H25N3S/c44-26-27-12-11-18-33(30-15-3-8-21-38(30)45-36-19-6-1-13-28(36)29-14-2-7-20-37(29)45)43(27)46-39-22-9-4-16-31(39)34-25-42-35(24-40(34)46)32-17-5-10-23-41(32)47-42/h1-25H. The third kappa shape index (κ3) is 3.66. The van der Waals surface area contributed by atoms with Gasteiger partial charge in [-0.1, -0.05) is 103 Å². The van der Waals surface area contributed by atoms with E-state index < -0.39 is 0 Å². The van der Waals surface area contributed by atoms with E-state index in [4.69, 9.17) is 0 Å². The molecule has 218 valence electrons. The molecule has 0 saturated heterocycles. The average Bonchev–Trinajstić information content (AvgIpc) is 3.77. The van der Waals surface area contributed by atoms with Crippen LogP contribution in [0.3, 0.4) is 0 Å². The number of fused-ring (bicyclic) bond motifs is 9. The van der Waals surface area contributed by atoms with Crippen LogP contribution in [0.1, 0.15) is 5.56 Å². The average molecular weight is 616 g/mol. The van der Waals surface area contributed by atoms with Crippen LogP contribution in [-0.4, -0.2) is 9.13 Å². The van der Waals surface area contributed by atoms with E-state index in [9.17, 15) is 5.26 Å². The van der Waals surface area contributed by atoms with Gasteiger partial charge in [0.25, 0.3) is 0 Å². The molecule has 3 heterocycles. The highest BCUT2D eigenvalue weighted by atomic mass is 32.1. The van der Waals surface area contributed by atoms with Crippen LogP contribution in [0, 0.1) is 11.3 Å². The minimum absolute atomic E-state index is 0.637. The number of hydrogen-bond donors (Lipinski definition) is 0. The maximum absolute atomic E-state index is 10.7. The van der Waals surface area contributed by atoms with E-state index in [1.807, 2.05) is 23.5 Å². The molecule has 3 aromatic heterocycles. The van der Waals surface area contributed by atoms with Crippen LogP contribution in [0.25, 0.3) is 86.3 Å². The van der Waals surface area contributed by atoms with Gasteiger partial charge in [-0.25, -0.2) is 0 Å². The number of nitrogens with zero attached hydrogens (tertiary/aromatic N) is 3. The summed E-state index contributed by atoms with van der Waals surface area (Å²) in [5, 5.41) is 18.0. The normalized spacial score (nSPS) is 11.8. The molecule has 0 fully saturated rings. The Balaban J connectivity index is 1.34. The summed E-state index contributed by atoms with van der Waals surface area (Å²) in [7, 11) is 0. The van der Waals surface area contributed by atoms with Gasteiger partial charge in [0.2, 0.25) is 0 Å². The largest absolute Gasteiger partial charge is 0.309 e. The monoisotopic (exact) mass is 615 g/mol. The summed E-state index contributed by atoms with van der Waals surface area (Å²) >= 11 is 1.84. The van der Waals surface area contributed by atoms with E-state index in [2.05, 4.69) is 155 Å². The first kappa shape index (κ1) is 26.1. The summed E-state index contributed by atoms with van der Waals surface area (Å²) in [4.78, 5) is 0. The Morgan fingerprint density at radius 1 is 0.426 bits per heavy atom. The minimum Gasteiger partial charge on any atom is -0.309 e. The number of hydrogen-bond acceptors (Lipinski definition) is 2. The van der Waals surface area contributed by atoms with Crippen molar-refractivity contribution in [3.05, 3.63) is 157 Å². The van der Waals surface area contributed by atoms with Gasteiger partial charge in [-0.2, -0.15) is 5.26 Å². The lowest BCUT2D eigenvalue weighted by atomic mass is 9.98. The highest BCUT2D eigenvalue weighted by molar-refractivity contribution is 7.25. The number of benzene rings is 7. The van der Waals surface area contributed by atoms with Gasteiger partial charge in [0.15, 0.2) is 0 Å². The highest BCUT2D eigenvalue weighted by Crippen LogP contribution is 2.44. The molecular weight excluding hydrogens is 591 g/mol. The zero-order chi connectivity index (χ0) is 31.1. The highest BCUT2D eigenvalue weighted by Gasteiger charge is 2.22. The third-order valence-corrected chi connectivity index (χ3v) is 10.7. The van der Waals surface area contributed by atoms with E-state index >= 15 is 0 Å². The third-order valence-electron chi connectivity index (χ3n) is 9.57. The fourth-order valence-corrected chi connectivity index (χ4v) is 8.73. The van der Waals surface area contributed by atoms with Crippen molar-refractivity contribution in [2.45, 2.75) is 0 Å². The topological polar surface area (TPSA) is 33.6 Å². The maximum Gasteiger partial charge on any atom is 0.101 e. The van der Waals surface area contributed by atoms with Crippen molar-refractivity contribution < 1.29 is 0 Å². The molecular formula is C43H25N3S. The molecule has 3 nitrogen and oxygen atoms in total. The Hall–Kier alpha value is -6.15. The summed E-state index contributed by atoms with van der Waals surface area (Å²) < 4.78 is 7.25. The molecule has 0 N–H and O–H groups in total. The fraction of sp³-hybridized carbons (Fsp3) is 0. The Labute approximate surface area is 274 Å². The van der Waals surface area contributed by atoms with Crippen LogP contribution in [-0.2, 0) is 0 Å². The minimum atomic E-state index is 0.637. The smallest absolute Gasteiger partial charge is 0.101 e. The van der Waals surface area contributed by atoms with E-state index in [0.29, 0.717) is 5.56 Å². The fourth-order valence-electron chi connectivity index (χ4n) is 7.60. The van der Waals surface area contributed by atoms with Crippen LogP contribution in [0.15, 0.2) is 152 Å². The number of thiophene rings is 1. The molecule has 4 heteroatoms. The lowest BCUT2D eigenvalue weighted by Gasteiger charge is -2.19. The van der Waals surface area contributed by atoms with E-state index in [0.717, 1.165) is 44.6 Å². The summed E-state index contributed by atoms with van der Waals surface area (Å²) in [5.74, 6) is 0. The van der Waals surface area contributed by atoms with Crippen LogP contribution in [0.4, 0.5) is 0 Å². The molecule has 10 rings (SSSR count). The van der Waals surface area contributed by atoms with Gasteiger partial charge in [0.05, 0.1) is 39.0 Å². The molecule has 7 aromatic carbocycles. The first-order valence-corrected chi connectivity index (χ1v) is 16.6. The van der Waals surface area contributed by atoms with Crippen LogP contribution in [0.5, 0.6) is 0 Å². The van der Waals surface area contributed by atoms with Crippen molar-refractivity contribution in [2.75, 3.05) is 0 Å². The molecule has 0 aliphatic rings. The Bertz CT molecular complexity index is 2880. The SMILES string of the molecule is N#Cc1cccc(-c2ccccc2-n2c3ccccc3c3ccccc32)c1-n1c2ccccc2c2cc3sc4ccccc4c3cc21. The quantitative estimate of drug-likeness (QED) is 0.195. The molecule has 0 spiro atoms. The second-order valence-electron chi connectivity index (χ2n) is 12.0. The second-order valence-corrected chi connectivity index (χ2v) is 13.1. The molecule has 0 amide bonds. The van der Waals surface area contributed by atoms with Gasteiger partial charge < -0.3 is 9.13 Å². The van der Waals surface area contributed by atoms with Crippen LogP contribution < -0.4 is 0 Å². The Morgan fingerprint density at radius 2 is 1.00 bits per heavy atom. The van der Waals surface area contributed by atoms with Crippen LogP contribution in [0.2, 0.25) is 0 Å². The molecule has 0 radical (unpaired) electrons. The van der Waals surface area contributed by atoms with Crippen molar-refractivity contribution in [3.8, 4) is 28.6 Å². The number of aromatic nitrogens is 2. The molecule has 10 aromatic rings. The summed E-state index contributed by atoms with van der Waals surface area (Å²) in [6.07, 6.45) is 0. The van der Waals surface area contributed by atoms with Crippen molar-refractivity contribution in [2.24, 2.45) is 0 Å². The lowest BCUT2D eigenvalue weighted by molar-refractivity contribution is 1.15. The second kappa shape index (κ2) is 9.92. The summed E-state index contributed by atoms with van der Waals surface area (Å²) in [5.41, 5.74) is 9.19. The predicted octanol–water partition coefficient (Wildman–Crippen LogP) is 11.8. The molecule has 0 aliphatic carbocycles. The number of nitriles is 1. The predicted molar refractivity (Wildman–Crippen MR) is 198 cm³/mol. The van der Waals surface area contributed by atoms with E-state index in [1.54, 1.807) is 0 Å². The summed E-state index contributed by atoms with van der Waals surface area (Å²) in [6.45, 7) is 0. The maximum atomic E-state index is 10.7. The van der Waals surface area contributed by atoms with Crippen LogP contribution >= 0.6 is 11.3 Å². The van der Waals surface area contributed by atoms with Gasteiger partial charge >= 0.3 is 0 Å². The summed E-state index contributed by atoms with van der Waals surface area (Å²) in [6, 6.07) is 56.4. The zero-order valence-corrected chi connectivity index (χ0v) is 26.0. The van der Waals surface area contributed by atoms with Crippen molar-refractivity contribution in [1.82, 2.24) is 9.13 Å². The van der Waals surface area contributed by atoms with E-state index in [1.165, 1.54) is 41.7 Å². The Kier molecular flexibility index (Phi) is 5.51. The zero-order valence-electron chi connectivity index (χ0n) is 25.2. The lowest BCUT2D eigenvalue weighted by Crippen LogP contribution is -2.03. The van der Waals surface area contributed by atoms with Crippen molar-refractivity contribution in [3.63, 3.8) is 0 Å². The molecule has 0 unspecified atom stereocenters. The van der Waals surface area contributed by atoms with Gasteiger partial charge in [-0.3, -0.25) is 0 Å². The van der Waals surface area contributed by atoms with Crippen molar-refractivity contribution in [1.29, 1.82) is 5.26 Å². The molecule has 0 aliphatic heterocycles.